The number of nitrogens with one attached hydrogen (secondary N) is 2. The van der Waals surface area contributed by atoms with Crippen LogP contribution in [0.15, 0.2) is 28.3 Å². The van der Waals surface area contributed by atoms with Gasteiger partial charge in [-0.05, 0) is 92.5 Å². The maximum absolute atomic E-state index is 13.0. The van der Waals surface area contributed by atoms with Crippen LogP contribution in [0.1, 0.15) is 73.9 Å². The molecule has 0 saturated carbocycles. The minimum atomic E-state index is -4.21. The van der Waals surface area contributed by atoms with E-state index in [0.717, 1.165) is 60.9 Å². The highest BCUT2D eigenvalue weighted by atomic mass is 32.2. The Kier molecular flexibility index (Phi) is 7.37. The first kappa shape index (κ1) is 27.1. The second-order valence-electron chi connectivity index (χ2n) is 10.6. The van der Waals surface area contributed by atoms with E-state index < -0.39 is 16.1 Å². The van der Waals surface area contributed by atoms with E-state index >= 15 is 0 Å². The maximum Gasteiger partial charge on any atom is 0.333 e. The van der Waals surface area contributed by atoms with Gasteiger partial charge in [0.1, 0.15) is 0 Å². The number of amides is 4. The van der Waals surface area contributed by atoms with Gasteiger partial charge in [-0.1, -0.05) is 13.0 Å². The van der Waals surface area contributed by atoms with Crippen molar-refractivity contribution < 1.29 is 22.8 Å². The standard InChI is InChI=1S/C28H35N5O5S/c1-4-21-17(2)16-33(27(21)35)25(34)13-7-10-20-15-24(30-32(20)3)39(37,38)31-28(36)29-26-22-11-5-8-18(22)14-19-9-6-12-23(19)26/h14-15H,4-13,16H2,1-3H3,(H2,29,31,36). The summed E-state index contributed by atoms with van der Waals surface area (Å²) in [6.07, 6.45) is 7.35. The van der Waals surface area contributed by atoms with Crippen molar-refractivity contribution in [3.05, 3.63) is 51.2 Å². The molecule has 2 aromatic rings. The Bertz CT molecular complexity index is 1470. The Labute approximate surface area is 228 Å². The normalized spacial score (nSPS) is 16.6. The second kappa shape index (κ2) is 10.6. The molecule has 10 nitrogen and oxygen atoms in total. The molecule has 1 aliphatic heterocycles. The summed E-state index contributed by atoms with van der Waals surface area (Å²) in [6.45, 7) is 4.10. The van der Waals surface area contributed by atoms with Crippen LogP contribution in [0.5, 0.6) is 0 Å². The molecule has 2 heterocycles. The van der Waals surface area contributed by atoms with Crippen LogP contribution in [0.4, 0.5) is 10.5 Å². The summed E-state index contributed by atoms with van der Waals surface area (Å²) in [4.78, 5) is 39.2. The van der Waals surface area contributed by atoms with E-state index in [4.69, 9.17) is 0 Å². The molecule has 2 N–H and O–H groups in total. The van der Waals surface area contributed by atoms with Crippen LogP contribution in [0.2, 0.25) is 0 Å². The third-order valence-electron chi connectivity index (χ3n) is 8.06. The summed E-state index contributed by atoms with van der Waals surface area (Å²) in [5.41, 5.74) is 7.72. The van der Waals surface area contributed by atoms with Gasteiger partial charge in [0.25, 0.3) is 15.9 Å². The van der Waals surface area contributed by atoms with E-state index in [1.165, 1.54) is 26.8 Å². The van der Waals surface area contributed by atoms with Gasteiger partial charge < -0.3 is 5.32 Å². The quantitative estimate of drug-likeness (QED) is 0.516. The Hall–Kier alpha value is -3.47. The minimum absolute atomic E-state index is 0.162. The lowest BCUT2D eigenvalue weighted by Gasteiger charge is -2.16. The van der Waals surface area contributed by atoms with Gasteiger partial charge in [0.05, 0.1) is 6.54 Å². The fraction of sp³-hybridized carbons (Fsp3) is 0.500. The highest BCUT2D eigenvalue weighted by Gasteiger charge is 2.31. The predicted octanol–water partition coefficient (Wildman–Crippen LogP) is 3.33. The van der Waals surface area contributed by atoms with E-state index in [0.29, 0.717) is 37.1 Å². The SMILES string of the molecule is CCC1=C(C)CN(C(=O)CCCc2cc(S(=O)(=O)NC(=O)Nc3c4c(cc5c3CCC5)CCC4)nn2C)C1=O. The molecule has 2 aliphatic carbocycles. The molecule has 0 fully saturated rings. The highest BCUT2D eigenvalue weighted by molar-refractivity contribution is 7.90. The molecule has 0 radical (unpaired) electrons. The van der Waals surface area contributed by atoms with E-state index in [1.54, 1.807) is 7.05 Å². The van der Waals surface area contributed by atoms with Crippen molar-refractivity contribution in [1.82, 2.24) is 19.4 Å². The Morgan fingerprint density at radius 1 is 1.05 bits per heavy atom. The molecule has 39 heavy (non-hydrogen) atoms. The van der Waals surface area contributed by atoms with Gasteiger partial charge in [-0.25, -0.2) is 9.52 Å². The van der Waals surface area contributed by atoms with Gasteiger partial charge in [0.15, 0.2) is 5.03 Å². The Morgan fingerprint density at radius 2 is 1.72 bits per heavy atom. The summed E-state index contributed by atoms with van der Waals surface area (Å²) >= 11 is 0. The Morgan fingerprint density at radius 3 is 2.33 bits per heavy atom. The summed E-state index contributed by atoms with van der Waals surface area (Å²) in [6, 6.07) is 2.87. The smallest absolute Gasteiger partial charge is 0.307 e. The first-order chi connectivity index (χ1) is 18.6. The van der Waals surface area contributed by atoms with Crippen molar-refractivity contribution in [3.63, 3.8) is 0 Å². The predicted molar refractivity (Wildman–Crippen MR) is 146 cm³/mol. The molecule has 3 aliphatic rings. The van der Waals surface area contributed by atoms with Gasteiger partial charge in [0, 0.05) is 36.5 Å². The average molecular weight is 554 g/mol. The lowest BCUT2D eigenvalue weighted by atomic mass is 9.99. The van der Waals surface area contributed by atoms with Crippen molar-refractivity contribution in [2.24, 2.45) is 7.05 Å². The van der Waals surface area contributed by atoms with Crippen LogP contribution >= 0.6 is 0 Å². The van der Waals surface area contributed by atoms with Crippen molar-refractivity contribution >= 4 is 33.6 Å². The van der Waals surface area contributed by atoms with Gasteiger partial charge in [-0.3, -0.25) is 19.2 Å². The van der Waals surface area contributed by atoms with Crippen LogP contribution in [0.3, 0.4) is 0 Å². The summed E-state index contributed by atoms with van der Waals surface area (Å²) in [7, 11) is -2.58. The molecule has 208 valence electrons. The average Bonchev–Trinajstić information content (AvgIpc) is 3.66. The third-order valence-corrected chi connectivity index (χ3v) is 9.26. The van der Waals surface area contributed by atoms with E-state index in [-0.39, 0.29) is 23.3 Å². The number of anilines is 1. The van der Waals surface area contributed by atoms with Crippen molar-refractivity contribution in [3.8, 4) is 0 Å². The molecule has 0 bridgehead atoms. The molecule has 0 unspecified atom stereocenters. The number of aromatic nitrogens is 2. The molecule has 4 amide bonds. The lowest BCUT2D eigenvalue weighted by Crippen LogP contribution is -2.35. The minimum Gasteiger partial charge on any atom is -0.307 e. The van der Waals surface area contributed by atoms with Gasteiger partial charge in [0.2, 0.25) is 5.91 Å². The van der Waals surface area contributed by atoms with Crippen LogP contribution in [0, 0.1) is 0 Å². The molecule has 0 saturated heterocycles. The number of hydrogen-bond acceptors (Lipinski definition) is 6. The zero-order valence-corrected chi connectivity index (χ0v) is 23.5. The van der Waals surface area contributed by atoms with E-state index in [1.807, 2.05) is 13.8 Å². The first-order valence-corrected chi connectivity index (χ1v) is 15.1. The van der Waals surface area contributed by atoms with Crippen LogP contribution < -0.4 is 10.0 Å². The van der Waals surface area contributed by atoms with Crippen molar-refractivity contribution in [2.45, 2.75) is 83.1 Å². The Balaban J connectivity index is 1.20. The zero-order chi connectivity index (χ0) is 27.9. The number of aryl methyl sites for hydroxylation is 4. The summed E-state index contributed by atoms with van der Waals surface area (Å²) in [5, 5.41) is 6.69. The number of carbonyl (C=O) groups is 3. The number of rotatable bonds is 8. The van der Waals surface area contributed by atoms with Gasteiger partial charge in [-0.15, -0.1) is 0 Å². The number of benzene rings is 1. The van der Waals surface area contributed by atoms with Crippen molar-refractivity contribution in [2.75, 3.05) is 11.9 Å². The first-order valence-electron chi connectivity index (χ1n) is 13.7. The van der Waals surface area contributed by atoms with Crippen LogP contribution in [-0.2, 0) is 58.8 Å². The highest BCUT2D eigenvalue weighted by Crippen LogP contribution is 2.38. The molecular weight excluding hydrogens is 518 g/mol. The summed E-state index contributed by atoms with van der Waals surface area (Å²) < 4.78 is 29.6. The number of carbonyl (C=O) groups excluding carboxylic acids is 3. The molecule has 11 heteroatoms. The number of urea groups is 1. The number of sulfonamides is 1. The summed E-state index contributed by atoms with van der Waals surface area (Å²) in [5.74, 6) is -0.460. The number of hydrogen-bond donors (Lipinski definition) is 2. The molecule has 1 aromatic heterocycles. The largest absolute Gasteiger partial charge is 0.333 e. The topological polar surface area (TPSA) is 130 Å². The molecular formula is C28H35N5O5S. The third kappa shape index (κ3) is 5.24. The molecule has 1 aromatic carbocycles. The van der Waals surface area contributed by atoms with Gasteiger partial charge >= 0.3 is 6.03 Å². The van der Waals surface area contributed by atoms with Crippen molar-refractivity contribution in [1.29, 1.82) is 0 Å². The van der Waals surface area contributed by atoms with Crippen LogP contribution in [-0.4, -0.2) is 47.5 Å². The monoisotopic (exact) mass is 553 g/mol. The van der Waals surface area contributed by atoms with Crippen LogP contribution in [0.25, 0.3) is 0 Å². The van der Waals surface area contributed by atoms with E-state index in [2.05, 4.69) is 21.2 Å². The number of nitrogens with zero attached hydrogens (tertiary/aromatic N) is 3. The lowest BCUT2D eigenvalue weighted by molar-refractivity contribution is -0.141. The fourth-order valence-corrected chi connectivity index (χ4v) is 7.00. The number of imide groups is 1. The number of fused-ring (bicyclic) bond motifs is 2. The molecule has 0 spiro atoms. The fourth-order valence-electron chi connectivity index (χ4n) is 6.08. The molecule has 5 rings (SSSR count). The zero-order valence-electron chi connectivity index (χ0n) is 22.7. The molecule has 0 atom stereocenters. The van der Waals surface area contributed by atoms with Gasteiger partial charge in [-0.2, -0.15) is 13.5 Å². The second-order valence-corrected chi connectivity index (χ2v) is 12.3. The maximum atomic E-state index is 13.0. The van der Waals surface area contributed by atoms with E-state index in [9.17, 15) is 22.8 Å².